The van der Waals surface area contributed by atoms with Crippen LogP contribution in [0, 0.1) is 11.3 Å². The number of hydrogen-bond donors (Lipinski definition) is 0. The van der Waals surface area contributed by atoms with Crippen LogP contribution in [0.4, 0.5) is 0 Å². The predicted molar refractivity (Wildman–Crippen MR) is 165 cm³/mol. The molecule has 0 N–H and O–H groups in total. The first-order chi connectivity index (χ1) is 20.2. The minimum absolute atomic E-state index is 0.416. The highest BCUT2D eigenvalue weighted by atomic mass is 32.1. The molecule has 5 heterocycles. The maximum absolute atomic E-state index is 8.46. The van der Waals surface area contributed by atoms with Crippen molar-refractivity contribution >= 4 is 59.7 Å². The molecule has 3 aromatic carbocycles. The number of aryl methyl sites for hydroxylation is 1. The molecular weight excluding hydrogens is 549 g/mol. The summed E-state index contributed by atoms with van der Waals surface area (Å²) in [6, 6.07) is 26.5. The molecule has 5 aromatic heterocycles. The molecule has 0 saturated carbocycles. The van der Waals surface area contributed by atoms with Gasteiger partial charge in [-0.15, -0.1) is 22.7 Å². The van der Waals surface area contributed by atoms with Gasteiger partial charge >= 0.3 is 0 Å². The minimum Gasteiger partial charge on any atom is -0.265 e. The smallest absolute Gasteiger partial charge is 0.165 e. The first-order valence-electron chi connectivity index (χ1n) is 13.1. The molecule has 0 unspecified atom stereocenters. The highest BCUT2D eigenvalue weighted by Gasteiger charge is 2.14. The molecule has 8 rings (SSSR count). The number of aromatic nitrogens is 7. The van der Waals surface area contributed by atoms with Crippen molar-refractivity contribution in [2.24, 2.45) is 0 Å². The van der Waals surface area contributed by atoms with Gasteiger partial charge in [0.25, 0.3) is 0 Å². The number of nitrogens with zero attached hydrogens (tertiary/aromatic N) is 8. The number of fused-ring (bicyclic) bond motifs is 4. The molecule has 0 spiro atoms. The fourth-order valence-electron chi connectivity index (χ4n) is 4.73. The zero-order valence-electron chi connectivity index (χ0n) is 22.0. The first kappa shape index (κ1) is 25.0. The molecule has 198 valence electrons. The lowest BCUT2D eigenvalue weighted by molar-refractivity contribution is 0.684. The molecule has 0 amide bonds. The van der Waals surface area contributed by atoms with E-state index in [1.165, 1.54) is 0 Å². The SMILES string of the molecule is CCn1ncc2cc(-c3ccn4ncc(-c5nc6ccccc6s5)c4n3)ccc21.N#CCc1nc2ccccc2s1. The predicted octanol–water partition coefficient (Wildman–Crippen LogP) is 7.40. The highest BCUT2D eigenvalue weighted by Crippen LogP contribution is 2.33. The number of rotatable bonds is 4. The van der Waals surface area contributed by atoms with Crippen LogP contribution in [0.2, 0.25) is 0 Å². The second-order valence-electron chi connectivity index (χ2n) is 9.27. The summed E-state index contributed by atoms with van der Waals surface area (Å²) < 4.78 is 6.12. The summed E-state index contributed by atoms with van der Waals surface area (Å²) in [7, 11) is 0. The molecule has 0 radical (unpaired) electrons. The van der Waals surface area contributed by atoms with Crippen LogP contribution in [0.1, 0.15) is 11.9 Å². The Morgan fingerprint density at radius 1 is 0.829 bits per heavy atom. The molecule has 0 atom stereocenters. The fraction of sp³-hybridized carbons (Fsp3) is 0.0968. The van der Waals surface area contributed by atoms with Crippen LogP contribution in [0.25, 0.3) is 58.8 Å². The summed E-state index contributed by atoms with van der Waals surface area (Å²) in [6.07, 6.45) is 6.12. The molecule has 0 aliphatic rings. The van der Waals surface area contributed by atoms with Crippen LogP contribution < -0.4 is 0 Å². The van der Waals surface area contributed by atoms with Crippen LogP contribution in [0.3, 0.4) is 0 Å². The minimum atomic E-state index is 0.416. The van der Waals surface area contributed by atoms with E-state index in [9.17, 15) is 0 Å². The van der Waals surface area contributed by atoms with E-state index in [1.54, 1.807) is 27.2 Å². The van der Waals surface area contributed by atoms with Gasteiger partial charge in [-0.05, 0) is 49.4 Å². The van der Waals surface area contributed by atoms with Crippen molar-refractivity contribution in [1.29, 1.82) is 5.26 Å². The third-order valence-electron chi connectivity index (χ3n) is 6.70. The zero-order valence-corrected chi connectivity index (χ0v) is 23.6. The maximum Gasteiger partial charge on any atom is 0.165 e. The van der Waals surface area contributed by atoms with Crippen LogP contribution in [-0.4, -0.2) is 34.3 Å². The van der Waals surface area contributed by atoms with Crippen molar-refractivity contribution in [1.82, 2.24) is 34.3 Å². The van der Waals surface area contributed by atoms with Crippen molar-refractivity contribution in [3.05, 3.63) is 96.4 Å². The fourth-order valence-corrected chi connectivity index (χ4v) is 6.60. The van der Waals surface area contributed by atoms with Gasteiger partial charge in [-0.3, -0.25) is 4.68 Å². The van der Waals surface area contributed by atoms with Crippen molar-refractivity contribution in [3.63, 3.8) is 0 Å². The highest BCUT2D eigenvalue weighted by molar-refractivity contribution is 7.21. The summed E-state index contributed by atoms with van der Waals surface area (Å²) in [5.41, 5.74) is 6.86. The van der Waals surface area contributed by atoms with E-state index < -0.39 is 0 Å². The van der Waals surface area contributed by atoms with Crippen LogP contribution in [-0.2, 0) is 13.0 Å². The third-order valence-corrected chi connectivity index (χ3v) is 8.81. The van der Waals surface area contributed by atoms with Crippen LogP contribution in [0.5, 0.6) is 0 Å². The van der Waals surface area contributed by atoms with Crippen molar-refractivity contribution in [3.8, 4) is 27.9 Å². The van der Waals surface area contributed by atoms with Crippen molar-refractivity contribution in [2.75, 3.05) is 0 Å². The Hall–Kier alpha value is -4.98. The van der Waals surface area contributed by atoms with Gasteiger partial charge in [0.05, 0.1) is 62.1 Å². The number of nitriles is 1. The molecule has 8 aromatic rings. The third kappa shape index (κ3) is 4.71. The van der Waals surface area contributed by atoms with Gasteiger partial charge in [-0.25, -0.2) is 19.5 Å². The van der Waals surface area contributed by atoms with Gasteiger partial charge in [0.2, 0.25) is 0 Å². The Balaban J connectivity index is 0.000000193. The van der Waals surface area contributed by atoms with E-state index in [-0.39, 0.29) is 0 Å². The largest absolute Gasteiger partial charge is 0.265 e. The monoisotopic (exact) mass is 570 g/mol. The lowest BCUT2D eigenvalue weighted by atomic mass is 10.1. The Labute approximate surface area is 242 Å². The Kier molecular flexibility index (Phi) is 6.43. The molecule has 0 bridgehead atoms. The summed E-state index contributed by atoms with van der Waals surface area (Å²) in [6.45, 7) is 2.95. The molecule has 0 fully saturated rings. The van der Waals surface area contributed by atoms with Gasteiger partial charge in [-0.1, -0.05) is 30.3 Å². The van der Waals surface area contributed by atoms with Crippen molar-refractivity contribution < 1.29 is 0 Å². The number of thiazole rings is 2. The second-order valence-corrected chi connectivity index (χ2v) is 11.4. The van der Waals surface area contributed by atoms with Crippen molar-refractivity contribution in [2.45, 2.75) is 19.9 Å². The Morgan fingerprint density at radius 3 is 2.37 bits per heavy atom. The summed E-state index contributed by atoms with van der Waals surface area (Å²) >= 11 is 3.25. The average Bonchev–Trinajstić information content (AvgIpc) is 3.80. The molecular formula is C31H22N8S2. The maximum atomic E-state index is 8.46. The number of hydrogen-bond acceptors (Lipinski definition) is 8. The first-order valence-corrected chi connectivity index (χ1v) is 14.7. The van der Waals surface area contributed by atoms with Gasteiger partial charge in [0.1, 0.15) is 10.0 Å². The van der Waals surface area contributed by atoms with Gasteiger partial charge in [0.15, 0.2) is 5.65 Å². The van der Waals surface area contributed by atoms with E-state index in [0.717, 1.165) is 70.4 Å². The lowest BCUT2D eigenvalue weighted by Crippen LogP contribution is -1.95. The molecule has 0 saturated heterocycles. The molecule has 41 heavy (non-hydrogen) atoms. The van der Waals surface area contributed by atoms with Crippen LogP contribution >= 0.6 is 22.7 Å². The zero-order chi connectivity index (χ0) is 27.8. The normalized spacial score (nSPS) is 11.2. The summed E-state index contributed by atoms with van der Waals surface area (Å²) in [5.74, 6) is 0. The Morgan fingerprint density at radius 2 is 1.61 bits per heavy atom. The average molecular weight is 571 g/mol. The Bertz CT molecular complexity index is 2150. The standard InChI is InChI=1S/C22H16N6S.C9H6N2S/c1-2-27-19-8-7-14(11-15(19)12-23-27)17-9-10-28-21(25-17)16(13-24-28)22-26-18-5-3-4-6-20(18)29-22;10-6-5-9-11-7-3-1-2-4-8(7)12-9/h3-13H,2H2,1H3;1-4H,5H2. The van der Waals surface area contributed by atoms with Crippen LogP contribution in [0.15, 0.2) is 91.4 Å². The molecule has 0 aliphatic heterocycles. The second kappa shape index (κ2) is 10.5. The number of para-hydroxylation sites is 2. The van der Waals surface area contributed by atoms with E-state index in [1.807, 2.05) is 71.8 Å². The molecule has 8 nitrogen and oxygen atoms in total. The van der Waals surface area contributed by atoms with E-state index in [2.05, 4.69) is 52.4 Å². The number of benzene rings is 3. The summed E-state index contributed by atoms with van der Waals surface area (Å²) in [4.78, 5) is 14.0. The van der Waals surface area contributed by atoms with E-state index >= 15 is 0 Å². The van der Waals surface area contributed by atoms with E-state index in [0.29, 0.717) is 6.42 Å². The molecule has 0 aliphatic carbocycles. The van der Waals surface area contributed by atoms with Gasteiger partial charge in [0, 0.05) is 23.7 Å². The van der Waals surface area contributed by atoms with Gasteiger partial charge in [-0.2, -0.15) is 15.5 Å². The van der Waals surface area contributed by atoms with E-state index in [4.69, 9.17) is 15.2 Å². The van der Waals surface area contributed by atoms with Gasteiger partial charge < -0.3 is 0 Å². The topological polar surface area (TPSA) is 97.6 Å². The lowest BCUT2D eigenvalue weighted by Gasteiger charge is -2.04. The quantitative estimate of drug-likeness (QED) is 0.219. The molecule has 10 heteroatoms. The summed E-state index contributed by atoms with van der Waals surface area (Å²) in [5, 5.41) is 20.3.